The van der Waals surface area contributed by atoms with E-state index in [0.717, 1.165) is 31.6 Å². The normalized spacial score (nSPS) is 14.8. The van der Waals surface area contributed by atoms with Crippen molar-refractivity contribution in [2.24, 2.45) is 0 Å². The molecule has 1 amide bonds. The first-order valence-electron chi connectivity index (χ1n) is 11.1. The molecule has 170 valence electrons. The van der Waals surface area contributed by atoms with E-state index in [4.69, 9.17) is 0 Å². The number of nitrogens with zero attached hydrogens (tertiary/aromatic N) is 4. The van der Waals surface area contributed by atoms with E-state index >= 15 is 0 Å². The van der Waals surface area contributed by atoms with E-state index in [-0.39, 0.29) is 16.5 Å². The highest BCUT2D eigenvalue weighted by Crippen LogP contribution is 2.32. The van der Waals surface area contributed by atoms with Crippen LogP contribution in [0.5, 0.6) is 0 Å². The van der Waals surface area contributed by atoms with Crippen molar-refractivity contribution in [1.29, 1.82) is 0 Å². The van der Waals surface area contributed by atoms with Gasteiger partial charge in [-0.2, -0.15) is 4.31 Å². The lowest BCUT2D eigenvalue weighted by Crippen LogP contribution is -2.32. The summed E-state index contributed by atoms with van der Waals surface area (Å²) in [6, 6.07) is 10.6. The number of piperidine rings is 1. The number of hydrogen-bond donors (Lipinski definition) is 1. The van der Waals surface area contributed by atoms with Crippen LogP contribution in [-0.4, -0.2) is 54.2 Å². The number of amides is 1. The van der Waals surface area contributed by atoms with Gasteiger partial charge in [-0.25, -0.2) is 13.4 Å². The first-order chi connectivity index (χ1) is 15.4. The summed E-state index contributed by atoms with van der Waals surface area (Å²) in [4.78, 5) is 19.8. The SMILES string of the molecule is CCN(CC)S(=O)(=O)c1ccc(N2CCCCC2)c(NC(=O)c2cn3ccccc3n2)c1. The summed E-state index contributed by atoms with van der Waals surface area (Å²) in [7, 11) is -3.65. The maximum absolute atomic E-state index is 13.1. The fraction of sp³-hybridized carbons (Fsp3) is 0.391. The van der Waals surface area contributed by atoms with E-state index in [1.807, 2.05) is 38.2 Å². The third-order valence-electron chi connectivity index (χ3n) is 5.85. The third-order valence-corrected chi connectivity index (χ3v) is 7.90. The fourth-order valence-corrected chi connectivity index (χ4v) is 5.61. The number of sulfonamides is 1. The maximum Gasteiger partial charge on any atom is 0.275 e. The lowest BCUT2D eigenvalue weighted by atomic mass is 10.1. The van der Waals surface area contributed by atoms with Crippen LogP contribution in [0.1, 0.15) is 43.6 Å². The van der Waals surface area contributed by atoms with Crippen LogP contribution in [-0.2, 0) is 10.0 Å². The van der Waals surface area contributed by atoms with Gasteiger partial charge in [-0.1, -0.05) is 19.9 Å². The molecule has 0 atom stereocenters. The van der Waals surface area contributed by atoms with Crippen molar-refractivity contribution in [1.82, 2.24) is 13.7 Å². The minimum absolute atomic E-state index is 0.173. The van der Waals surface area contributed by atoms with Gasteiger partial charge >= 0.3 is 0 Å². The molecule has 0 aliphatic carbocycles. The van der Waals surface area contributed by atoms with Crippen LogP contribution in [0.3, 0.4) is 0 Å². The van der Waals surface area contributed by atoms with Gasteiger partial charge in [-0.15, -0.1) is 0 Å². The molecule has 1 aliphatic heterocycles. The Hall–Kier alpha value is -2.91. The maximum atomic E-state index is 13.1. The molecule has 9 heteroatoms. The summed E-state index contributed by atoms with van der Waals surface area (Å²) < 4.78 is 29.4. The molecule has 1 aromatic carbocycles. The molecule has 32 heavy (non-hydrogen) atoms. The highest BCUT2D eigenvalue weighted by molar-refractivity contribution is 7.89. The number of nitrogens with one attached hydrogen (secondary N) is 1. The molecule has 1 aliphatic rings. The predicted molar refractivity (Wildman–Crippen MR) is 126 cm³/mol. The molecule has 3 heterocycles. The zero-order chi connectivity index (χ0) is 22.7. The number of aromatic nitrogens is 2. The summed E-state index contributed by atoms with van der Waals surface area (Å²) in [6.45, 7) is 6.15. The monoisotopic (exact) mass is 455 g/mol. The van der Waals surface area contributed by atoms with Gasteiger partial charge in [-0.3, -0.25) is 4.79 Å². The van der Waals surface area contributed by atoms with Gasteiger partial charge in [0.2, 0.25) is 10.0 Å². The van der Waals surface area contributed by atoms with E-state index in [0.29, 0.717) is 24.4 Å². The largest absolute Gasteiger partial charge is 0.370 e. The van der Waals surface area contributed by atoms with Crippen LogP contribution < -0.4 is 10.2 Å². The quantitative estimate of drug-likeness (QED) is 0.588. The van der Waals surface area contributed by atoms with Crippen molar-refractivity contribution in [3.8, 4) is 0 Å². The molecule has 0 bridgehead atoms. The Kier molecular flexibility index (Phi) is 6.48. The van der Waals surface area contributed by atoms with E-state index in [2.05, 4.69) is 15.2 Å². The summed E-state index contributed by atoms with van der Waals surface area (Å²) >= 11 is 0. The number of rotatable bonds is 7. The Morgan fingerprint density at radius 3 is 2.53 bits per heavy atom. The Morgan fingerprint density at radius 2 is 1.84 bits per heavy atom. The molecule has 0 radical (unpaired) electrons. The van der Waals surface area contributed by atoms with Gasteiger partial charge in [0.25, 0.3) is 5.91 Å². The van der Waals surface area contributed by atoms with Crippen molar-refractivity contribution < 1.29 is 13.2 Å². The molecule has 8 nitrogen and oxygen atoms in total. The topological polar surface area (TPSA) is 87.0 Å². The molecule has 1 saturated heterocycles. The molecule has 3 aromatic rings. The minimum atomic E-state index is -3.65. The molecule has 0 saturated carbocycles. The fourth-order valence-electron chi connectivity index (χ4n) is 4.13. The second-order valence-electron chi connectivity index (χ2n) is 7.86. The van der Waals surface area contributed by atoms with Crippen LogP contribution in [0.15, 0.2) is 53.7 Å². The summed E-state index contributed by atoms with van der Waals surface area (Å²) in [6.07, 6.45) is 6.81. The first kappa shape index (κ1) is 22.3. The number of anilines is 2. The smallest absolute Gasteiger partial charge is 0.275 e. The van der Waals surface area contributed by atoms with Crippen LogP contribution in [0.2, 0.25) is 0 Å². The van der Waals surface area contributed by atoms with Crippen LogP contribution in [0, 0.1) is 0 Å². The van der Waals surface area contributed by atoms with Gasteiger partial charge in [0, 0.05) is 38.6 Å². The molecular weight excluding hydrogens is 426 g/mol. The second-order valence-corrected chi connectivity index (χ2v) is 9.80. The molecule has 0 unspecified atom stereocenters. The van der Waals surface area contributed by atoms with Gasteiger partial charge < -0.3 is 14.6 Å². The number of imidazole rings is 1. The first-order valence-corrected chi connectivity index (χ1v) is 12.5. The lowest BCUT2D eigenvalue weighted by Gasteiger charge is -2.31. The van der Waals surface area contributed by atoms with Crippen molar-refractivity contribution in [3.63, 3.8) is 0 Å². The van der Waals surface area contributed by atoms with Crippen molar-refractivity contribution in [2.45, 2.75) is 38.0 Å². The summed E-state index contributed by atoms with van der Waals surface area (Å²) in [5, 5.41) is 2.93. The van der Waals surface area contributed by atoms with Gasteiger partial charge in [0.15, 0.2) is 0 Å². The average Bonchev–Trinajstić information content (AvgIpc) is 3.25. The lowest BCUT2D eigenvalue weighted by molar-refractivity contribution is 0.102. The average molecular weight is 456 g/mol. The molecule has 2 aromatic heterocycles. The Bertz CT molecular complexity index is 1180. The number of carbonyl (C=O) groups is 1. The Balaban J connectivity index is 1.71. The second kappa shape index (κ2) is 9.30. The van der Waals surface area contributed by atoms with Crippen LogP contribution in [0.4, 0.5) is 11.4 Å². The molecule has 0 spiro atoms. The number of benzene rings is 1. The zero-order valence-electron chi connectivity index (χ0n) is 18.5. The number of carbonyl (C=O) groups excluding carboxylic acids is 1. The van der Waals surface area contributed by atoms with E-state index in [9.17, 15) is 13.2 Å². The number of fused-ring (bicyclic) bond motifs is 1. The van der Waals surface area contributed by atoms with Crippen molar-refractivity contribution in [2.75, 3.05) is 36.4 Å². The Morgan fingerprint density at radius 1 is 1.09 bits per heavy atom. The summed E-state index contributed by atoms with van der Waals surface area (Å²) in [5.41, 5.74) is 2.27. The van der Waals surface area contributed by atoms with E-state index in [1.165, 1.54) is 10.7 Å². The highest BCUT2D eigenvalue weighted by atomic mass is 32.2. The van der Waals surface area contributed by atoms with Gasteiger partial charge in [-0.05, 0) is 49.6 Å². The third kappa shape index (κ3) is 4.35. The predicted octanol–water partition coefficient (Wildman–Crippen LogP) is 3.61. The molecule has 1 N–H and O–H groups in total. The van der Waals surface area contributed by atoms with E-state index in [1.54, 1.807) is 28.8 Å². The molecular formula is C23H29N5O3S. The number of pyridine rings is 1. The molecule has 4 rings (SSSR count). The van der Waals surface area contributed by atoms with Crippen LogP contribution >= 0.6 is 0 Å². The minimum Gasteiger partial charge on any atom is -0.370 e. The highest BCUT2D eigenvalue weighted by Gasteiger charge is 2.25. The summed E-state index contributed by atoms with van der Waals surface area (Å²) in [5.74, 6) is -0.371. The molecule has 1 fully saturated rings. The van der Waals surface area contributed by atoms with Crippen LogP contribution in [0.25, 0.3) is 5.65 Å². The number of hydrogen-bond acceptors (Lipinski definition) is 5. The van der Waals surface area contributed by atoms with E-state index < -0.39 is 10.0 Å². The van der Waals surface area contributed by atoms with Crippen molar-refractivity contribution in [3.05, 3.63) is 54.5 Å². The van der Waals surface area contributed by atoms with Gasteiger partial charge in [0.05, 0.1) is 16.3 Å². The zero-order valence-corrected chi connectivity index (χ0v) is 19.3. The standard InChI is InChI=1S/C23H29N5O3S/c1-3-28(4-2)32(30,31)18-11-12-21(26-13-7-5-8-14-26)19(16-18)25-23(29)20-17-27-15-9-6-10-22(27)24-20/h6,9-12,15-17H,3-5,7-8,13-14H2,1-2H3,(H,25,29). The van der Waals surface area contributed by atoms with Gasteiger partial charge in [0.1, 0.15) is 11.3 Å². The van der Waals surface area contributed by atoms with Crippen molar-refractivity contribution >= 4 is 33.0 Å². The Labute approximate surface area is 188 Å².